The maximum Gasteiger partial charge on any atom is 0.418 e. The molecule has 0 spiro atoms. The Balaban J connectivity index is 1.76. The number of likely N-dealkylation sites (tertiary alicyclic amines) is 1. The molecule has 1 N–H and O–H groups in total. The second-order valence-corrected chi connectivity index (χ2v) is 5.45. The molecule has 2 aromatic rings. The molecule has 3 rings (SSSR count). The quantitative estimate of drug-likeness (QED) is 0.932. The Bertz CT molecular complexity index is 725. The predicted octanol–water partition coefficient (Wildman–Crippen LogP) is 3.48. The molecule has 1 aromatic carbocycles. The number of carbonyl (C=O) groups is 1. The second-order valence-electron chi connectivity index (χ2n) is 5.45. The van der Waals surface area contributed by atoms with Crippen LogP contribution in [0.4, 0.5) is 24.7 Å². The molecule has 2 heterocycles. The minimum Gasteiger partial charge on any atom is -0.338 e. The minimum atomic E-state index is -4.47. The number of hydrogen-bond donors (Lipinski definition) is 1. The first-order valence-electron chi connectivity index (χ1n) is 7.50. The zero-order valence-corrected chi connectivity index (χ0v) is 12.7. The average Bonchev–Trinajstić information content (AvgIpc) is 3.09. The van der Waals surface area contributed by atoms with Crippen molar-refractivity contribution in [2.24, 2.45) is 0 Å². The van der Waals surface area contributed by atoms with E-state index in [-0.39, 0.29) is 23.1 Å². The first kappa shape index (κ1) is 16.2. The van der Waals surface area contributed by atoms with Gasteiger partial charge in [-0.3, -0.25) is 4.79 Å². The van der Waals surface area contributed by atoms with E-state index in [4.69, 9.17) is 0 Å². The summed E-state index contributed by atoms with van der Waals surface area (Å²) in [6.45, 7) is 1.39. The Morgan fingerprint density at radius 1 is 1.08 bits per heavy atom. The highest BCUT2D eigenvalue weighted by atomic mass is 19.4. The first-order chi connectivity index (χ1) is 11.4. The standard InChI is InChI=1S/C16H15F3N4O/c17-16(18,19)11-5-1-2-6-12(11)22-14-10-20-13(9-21-14)15(24)23-7-3-4-8-23/h1-2,5-6,9-10H,3-4,7-8H2,(H,21,22). The molecule has 1 amide bonds. The Labute approximate surface area is 136 Å². The Morgan fingerprint density at radius 3 is 2.42 bits per heavy atom. The van der Waals surface area contributed by atoms with E-state index in [2.05, 4.69) is 15.3 Å². The van der Waals surface area contributed by atoms with E-state index in [9.17, 15) is 18.0 Å². The van der Waals surface area contributed by atoms with E-state index in [1.54, 1.807) is 4.90 Å². The van der Waals surface area contributed by atoms with Gasteiger partial charge in [0.1, 0.15) is 11.5 Å². The number of halogens is 3. The predicted molar refractivity (Wildman–Crippen MR) is 81.9 cm³/mol. The van der Waals surface area contributed by atoms with Crippen molar-refractivity contribution in [2.45, 2.75) is 19.0 Å². The number of rotatable bonds is 3. The fraction of sp³-hybridized carbons (Fsp3) is 0.312. The lowest BCUT2D eigenvalue weighted by molar-refractivity contribution is -0.136. The van der Waals surface area contributed by atoms with Crippen LogP contribution in [-0.4, -0.2) is 33.9 Å². The molecular weight excluding hydrogens is 321 g/mol. The van der Waals surface area contributed by atoms with Crippen molar-refractivity contribution in [1.29, 1.82) is 0 Å². The zero-order chi connectivity index (χ0) is 17.2. The number of benzene rings is 1. The molecule has 0 aliphatic carbocycles. The van der Waals surface area contributed by atoms with Gasteiger partial charge in [-0.05, 0) is 25.0 Å². The van der Waals surface area contributed by atoms with E-state index in [1.165, 1.54) is 30.6 Å². The van der Waals surface area contributed by atoms with E-state index >= 15 is 0 Å². The van der Waals surface area contributed by atoms with Gasteiger partial charge in [0.05, 0.1) is 23.6 Å². The number of alkyl halides is 3. The largest absolute Gasteiger partial charge is 0.418 e. The molecule has 1 fully saturated rings. The first-order valence-corrected chi connectivity index (χ1v) is 7.50. The zero-order valence-electron chi connectivity index (χ0n) is 12.7. The van der Waals surface area contributed by atoms with Crippen LogP contribution in [0.2, 0.25) is 0 Å². The van der Waals surface area contributed by atoms with Crippen molar-refractivity contribution < 1.29 is 18.0 Å². The third-order valence-electron chi connectivity index (χ3n) is 3.76. The Hall–Kier alpha value is -2.64. The molecule has 0 radical (unpaired) electrons. The van der Waals surface area contributed by atoms with Gasteiger partial charge in [0, 0.05) is 13.1 Å². The molecule has 0 bridgehead atoms. The monoisotopic (exact) mass is 336 g/mol. The van der Waals surface area contributed by atoms with Gasteiger partial charge in [-0.1, -0.05) is 12.1 Å². The van der Waals surface area contributed by atoms with Crippen LogP contribution in [0.25, 0.3) is 0 Å². The molecule has 1 aliphatic rings. The van der Waals surface area contributed by atoms with E-state index < -0.39 is 11.7 Å². The molecule has 24 heavy (non-hydrogen) atoms. The molecule has 8 heteroatoms. The van der Waals surface area contributed by atoms with Crippen molar-refractivity contribution in [1.82, 2.24) is 14.9 Å². The lowest BCUT2D eigenvalue weighted by atomic mass is 10.1. The van der Waals surface area contributed by atoms with Crippen molar-refractivity contribution in [3.63, 3.8) is 0 Å². The molecule has 1 aliphatic heterocycles. The van der Waals surface area contributed by atoms with E-state index in [1.807, 2.05) is 0 Å². The van der Waals surface area contributed by atoms with Crippen molar-refractivity contribution >= 4 is 17.4 Å². The molecule has 1 aromatic heterocycles. The minimum absolute atomic E-state index is 0.113. The fourth-order valence-electron chi connectivity index (χ4n) is 2.56. The van der Waals surface area contributed by atoms with Crippen LogP contribution in [0.3, 0.4) is 0 Å². The molecular formula is C16H15F3N4O. The number of hydrogen-bond acceptors (Lipinski definition) is 4. The van der Waals surface area contributed by atoms with Gasteiger partial charge in [-0.2, -0.15) is 13.2 Å². The van der Waals surface area contributed by atoms with Gasteiger partial charge in [0.15, 0.2) is 0 Å². The smallest absolute Gasteiger partial charge is 0.338 e. The normalized spacial score (nSPS) is 14.7. The maximum atomic E-state index is 13.0. The van der Waals surface area contributed by atoms with Gasteiger partial charge in [0.2, 0.25) is 0 Å². The van der Waals surface area contributed by atoms with Gasteiger partial charge in [-0.25, -0.2) is 9.97 Å². The summed E-state index contributed by atoms with van der Waals surface area (Å²) in [5, 5.41) is 2.60. The van der Waals surface area contributed by atoms with Crippen LogP contribution in [-0.2, 0) is 6.18 Å². The highest BCUT2D eigenvalue weighted by Gasteiger charge is 2.33. The highest BCUT2D eigenvalue weighted by molar-refractivity contribution is 5.92. The molecule has 1 saturated heterocycles. The maximum absolute atomic E-state index is 13.0. The van der Waals surface area contributed by atoms with Crippen LogP contribution in [0.15, 0.2) is 36.7 Å². The summed E-state index contributed by atoms with van der Waals surface area (Å²) < 4.78 is 38.9. The van der Waals surface area contributed by atoms with Crippen LogP contribution in [0.5, 0.6) is 0 Å². The summed E-state index contributed by atoms with van der Waals surface area (Å²) in [4.78, 5) is 21.9. The molecule has 0 saturated carbocycles. The number of aromatic nitrogens is 2. The third-order valence-corrected chi connectivity index (χ3v) is 3.76. The molecule has 5 nitrogen and oxygen atoms in total. The average molecular weight is 336 g/mol. The third kappa shape index (κ3) is 3.47. The van der Waals surface area contributed by atoms with Gasteiger partial charge < -0.3 is 10.2 Å². The Kier molecular flexibility index (Phi) is 4.37. The van der Waals surface area contributed by atoms with Crippen LogP contribution >= 0.6 is 0 Å². The summed E-state index contributed by atoms with van der Waals surface area (Å²) in [7, 11) is 0. The number of anilines is 2. The summed E-state index contributed by atoms with van der Waals surface area (Å²) in [6, 6.07) is 5.11. The fourth-order valence-corrected chi connectivity index (χ4v) is 2.56. The van der Waals surface area contributed by atoms with Crippen molar-refractivity contribution in [3.8, 4) is 0 Å². The number of nitrogens with zero attached hydrogens (tertiary/aromatic N) is 3. The SMILES string of the molecule is O=C(c1cnc(Nc2ccccc2C(F)(F)F)cn1)N1CCCC1. The molecule has 126 valence electrons. The lowest BCUT2D eigenvalue weighted by Gasteiger charge is -2.15. The number of amides is 1. The van der Waals surface area contributed by atoms with Crippen LogP contribution in [0.1, 0.15) is 28.9 Å². The Morgan fingerprint density at radius 2 is 1.79 bits per heavy atom. The molecule has 0 atom stereocenters. The van der Waals surface area contributed by atoms with Crippen molar-refractivity contribution in [3.05, 3.63) is 47.9 Å². The number of nitrogens with one attached hydrogen (secondary N) is 1. The second kappa shape index (κ2) is 6.46. The van der Waals surface area contributed by atoms with Gasteiger partial charge >= 0.3 is 6.18 Å². The van der Waals surface area contributed by atoms with Crippen LogP contribution < -0.4 is 5.32 Å². The topological polar surface area (TPSA) is 58.1 Å². The summed E-state index contributed by atoms with van der Waals surface area (Å²) >= 11 is 0. The molecule has 0 unspecified atom stereocenters. The van der Waals surface area contributed by atoms with Crippen molar-refractivity contribution in [2.75, 3.05) is 18.4 Å². The lowest BCUT2D eigenvalue weighted by Crippen LogP contribution is -2.28. The summed E-state index contributed by atoms with van der Waals surface area (Å²) in [6.07, 6.45) is -0.00159. The summed E-state index contributed by atoms with van der Waals surface area (Å²) in [5.41, 5.74) is -0.714. The van der Waals surface area contributed by atoms with Gasteiger partial charge in [-0.15, -0.1) is 0 Å². The summed E-state index contributed by atoms with van der Waals surface area (Å²) in [5.74, 6) is -0.0630. The highest BCUT2D eigenvalue weighted by Crippen LogP contribution is 2.35. The van der Waals surface area contributed by atoms with E-state index in [0.29, 0.717) is 13.1 Å². The van der Waals surface area contributed by atoms with Crippen LogP contribution in [0, 0.1) is 0 Å². The number of carbonyl (C=O) groups excluding carboxylic acids is 1. The van der Waals surface area contributed by atoms with E-state index in [0.717, 1.165) is 18.9 Å². The van der Waals surface area contributed by atoms with Gasteiger partial charge in [0.25, 0.3) is 5.91 Å². The number of para-hydroxylation sites is 1.